The van der Waals surface area contributed by atoms with Crippen LogP contribution in [-0.2, 0) is 16.1 Å². The number of benzene rings is 1. The number of ether oxygens (including phenoxy) is 1. The summed E-state index contributed by atoms with van der Waals surface area (Å²) in [6, 6.07) is 5.57. The van der Waals surface area contributed by atoms with Crippen molar-refractivity contribution < 1.29 is 14.3 Å². The van der Waals surface area contributed by atoms with Gasteiger partial charge in [0.2, 0.25) is 5.91 Å². The Morgan fingerprint density at radius 2 is 1.81 bits per heavy atom. The van der Waals surface area contributed by atoms with Crippen molar-refractivity contribution in [3.05, 3.63) is 49.8 Å². The molecule has 0 aliphatic carbocycles. The first-order valence-electron chi connectivity index (χ1n) is 10.2. The summed E-state index contributed by atoms with van der Waals surface area (Å²) < 4.78 is 5.15. The minimum atomic E-state index is -0.394. The van der Waals surface area contributed by atoms with Crippen LogP contribution in [0.25, 0.3) is 0 Å². The summed E-state index contributed by atoms with van der Waals surface area (Å²) in [5.41, 5.74) is 2.36. The number of aryl methyl sites for hydroxylation is 1. The maximum Gasteiger partial charge on any atom is 0.341 e. The number of thiophene rings is 1. The smallest absolute Gasteiger partial charge is 0.341 e. The van der Waals surface area contributed by atoms with E-state index in [4.69, 9.17) is 27.9 Å². The highest BCUT2D eigenvalue weighted by Gasteiger charge is 2.24. The highest BCUT2D eigenvalue weighted by molar-refractivity contribution is 7.16. The van der Waals surface area contributed by atoms with E-state index in [1.807, 2.05) is 26.0 Å². The fraction of sp³-hybridized carbons (Fsp3) is 0.455. The van der Waals surface area contributed by atoms with Gasteiger partial charge in [0.15, 0.2) is 0 Å². The zero-order valence-electron chi connectivity index (χ0n) is 18.0. The van der Waals surface area contributed by atoms with Crippen molar-refractivity contribution in [2.45, 2.75) is 27.3 Å². The number of esters is 1. The van der Waals surface area contributed by atoms with Crippen molar-refractivity contribution in [1.29, 1.82) is 0 Å². The molecule has 2 aromatic rings. The number of rotatable bonds is 7. The van der Waals surface area contributed by atoms with Gasteiger partial charge in [-0.2, -0.15) is 0 Å². The summed E-state index contributed by atoms with van der Waals surface area (Å²) in [4.78, 5) is 30.4. The van der Waals surface area contributed by atoms with Gasteiger partial charge in [-0.25, -0.2) is 4.79 Å². The lowest BCUT2D eigenvalue weighted by atomic mass is 10.1. The van der Waals surface area contributed by atoms with Gasteiger partial charge in [-0.3, -0.25) is 14.6 Å². The van der Waals surface area contributed by atoms with E-state index in [0.29, 0.717) is 27.2 Å². The highest BCUT2D eigenvalue weighted by atomic mass is 35.5. The van der Waals surface area contributed by atoms with Gasteiger partial charge >= 0.3 is 5.97 Å². The summed E-state index contributed by atoms with van der Waals surface area (Å²) in [5, 5.41) is 4.79. The van der Waals surface area contributed by atoms with Crippen molar-refractivity contribution in [1.82, 2.24) is 9.80 Å². The van der Waals surface area contributed by atoms with Crippen molar-refractivity contribution >= 4 is 51.4 Å². The summed E-state index contributed by atoms with van der Waals surface area (Å²) in [7, 11) is 0. The van der Waals surface area contributed by atoms with Crippen LogP contribution in [0.3, 0.4) is 0 Å². The van der Waals surface area contributed by atoms with Crippen LogP contribution in [0.15, 0.2) is 18.2 Å². The molecule has 0 saturated carbocycles. The molecule has 9 heteroatoms. The number of nitrogens with one attached hydrogen (secondary N) is 1. The largest absolute Gasteiger partial charge is 0.462 e. The number of hydrogen-bond acceptors (Lipinski definition) is 6. The Labute approximate surface area is 197 Å². The third-order valence-corrected chi connectivity index (χ3v) is 7.07. The van der Waals surface area contributed by atoms with Gasteiger partial charge in [-0.1, -0.05) is 29.3 Å². The number of amides is 1. The first kappa shape index (κ1) is 24.0. The highest BCUT2D eigenvalue weighted by Crippen LogP contribution is 2.33. The van der Waals surface area contributed by atoms with Gasteiger partial charge in [-0.05, 0) is 44.0 Å². The number of hydrogen-bond donors (Lipinski definition) is 1. The first-order valence-corrected chi connectivity index (χ1v) is 11.8. The van der Waals surface area contributed by atoms with Crippen molar-refractivity contribution in [3.8, 4) is 0 Å². The molecule has 0 spiro atoms. The Bertz CT molecular complexity index is 956. The number of piperazine rings is 1. The van der Waals surface area contributed by atoms with Crippen LogP contribution >= 0.6 is 34.5 Å². The Morgan fingerprint density at radius 3 is 2.45 bits per heavy atom. The van der Waals surface area contributed by atoms with Crippen LogP contribution in [0.4, 0.5) is 5.00 Å². The molecule has 0 bridgehead atoms. The molecule has 0 radical (unpaired) electrons. The molecule has 1 saturated heterocycles. The Morgan fingerprint density at radius 1 is 1.13 bits per heavy atom. The van der Waals surface area contributed by atoms with Gasteiger partial charge in [-0.15, -0.1) is 11.3 Å². The zero-order chi connectivity index (χ0) is 22.5. The van der Waals surface area contributed by atoms with Gasteiger partial charge < -0.3 is 10.1 Å². The van der Waals surface area contributed by atoms with E-state index < -0.39 is 5.97 Å². The van der Waals surface area contributed by atoms with Crippen LogP contribution in [0.5, 0.6) is 0 Å². The van der Waals surface area contributed by atoms with Crippen molar-refractivity contribution in [2.75, 3.05) is 44.6 Å². The summed E-state index contributed by atoms with van der Waals surface area (Å²) >= 11 is 13.7. The lowest BCUT2D eigenvalue weighted by Gasteiger charge is -2.34. The van der Waals surface area contributed by atoms with Crippen LogP contribution in [0.1, 0.15) is 33.3 Å². The van der Waals surface area contributed by atoms with E-state index in [-0.39, 0.29) is 12.5 Å². The standard InChI is InChI=1S/C22H27Cl2N3O3S/c1-4-30-22(29)20-14(2)15(3)31-21(20)25-19(28)13-27-9-7-26(8-10-27)12-16-5-6-17(23)11-18(16)24/h5-6,11H,4,7-10,12-13H2,1-3H3,(H,25,28). The molecule has 2 heterocycles. The van der Waals surface area contributed by atoms with E-state index in [2.05, 4.69) is 15.1 Å². The average molecular weight is 484 g/mol. The van der Waals surface area contributed by atoms with Gasteiger partial charge in [0.1, 0.15) is 5.00 Å². The molecule has 3 rings (SSSR count). The predicted molar refractivity (Wildman–Crippen MR) is 127 cm³/mol. The predicted octanol–water partition coefficient (Wildman–Crippen LogP) is 4.60. The van der Waals surface area contributed by atoms with Crippen molar-refractivity contribution in [3.63, 3.8) is 0 Å². The fourth-order valence-electron chi connectivity index (χ4n) is 3.53. The lowest BCUT2D eigenvalue weighted by Crippen LogP contribution is -2.48. The van der Waals surface area contributed by atoms with Crippen LogP contribution < -0.4 is 5.32 Å². The second-order valence-electron chi connectivity index (χ2n) is 7.54. The maximum atomic E-state index is 12.6. The third-order valence-electron chi connectivity index (χ3n) is 5.36. The minimum absolute atomic E-state index is 0.124. The van der Waals surface area contributed by atoms with E-state index in [9.17, 15) is 9.59 Å². The molecule has 168 valence electrons. The molecular weight excluding hydrogens is 457 g/mol. The number of halogens is 2. The second kappa shape index (κ2) is 10.8. The number of anilines is 1. The van der Waals surface area contributed by atoms with Gasteiger partial charge in [0.25, 0.3) is 0 Å². The molecule has 1 fully saturated rings. The second-order valence-corrected chi connectivity index (χ2v) is 9.61. The Kier molecular flexibility index (Phi) is 8.36. The van der Waals surface area contributed by atoms with E-state index in [1.54, 1.807) is 13.0 Å². The molecule has 1 N–H and O–H groups in total. The zero-order valence-corrected chi connectivity index (χ0v) is 20.3. The molecule has 0 unspecified atom stereocenters. The van der Waals surface area contributed by atoms with E-state index in [0.717, 1.165) is 48.7 Å². The molecule has 1 aromatic carbocycles. The first-order chi connectivity index (χ1) is 14.8. The number of nitrogens with zero attached hydrogens (tertiary/aromatic N) is 2. The average Bonchev–Trinajstić information content (AvgIpc) is 2.99. The minimum Gasteiger partial charge on any atom is -0.462 e. The molecule has 31 heavy (non-hydrogen) atoms. The molecule has 1 aliphatic heterocycles. The fourth-order valence-corrected chi connectivity index (χ4v) is 5.06. The number of carbonyl (C=O) groups is 2. The lowest BCUT2D eigenvalue weighted by molar-refractivity contribution is -0.117. The molecule has 6 nitrogen and oxygen atoms in total. The molecule has 0 atom stereocenters. The Hall–Kier alpha value is -1.64. The van der Waals surface area contributed by atoms with Gasteiger partial charge in [0.05, 0.1) is 18.7 Å². The third kappa shape index (κ3) is 6.20. The van der Waals surface area contributed by atoms with Crippen LogP contribution in [0, 0.1) is 13.8 Å². The number of carbonyl (C=O) groups excluding carboxylic acids is 2. The SMILES string of the molecule is CCOC(=O)c1c(NC(=O)CN2CCN(Cc3ccc(Cl)cc3Cl)CC2)sc(C)c1C. The quantitative estimate of drug-likeness (QED) is 0.582. The van der Waals surface area contributed by atoms with E-state index in [1.165, 1.54) is 11.3 Å². The maximum absolute atomic E-state index is 12.6. The van der Waals surface area contributed by atoms with Gasteiger partial charge in [0, 0.05) is 47.6 Å². The molecular formula is C22H27Cl2N3O3S. The van der Waals surface area contributed by atoms with Crippen LogP contribution in [-0.4, -0.2) is 61.0 Å². The van der Waals surface area contributed by atoms with Crippen LogP contribution in [0.2, 0.25) is 10.0 Å². The molecule has 1 aliphatic rings. The van der Waals surface area contributed by atoms with E-state index >= 15 is 0 Å². The Balaban J connectivity index is 1.53. The summed E-state index contributed by atoms with van der Waals surface area (Å²) in [6.45, 7) is 10.2. The summed E-state index contributed by atoms with van der Waals surface area (Å²) in [5.74, 6) is -0.518. The normalized spacial score (nSPS) is 15.1. The molecule has 1 aromatic heterocycles. The topological polar surface area (TPSA) is 61.9 Å². The summed E-state index contributed by atoms with van der Waals surface area (Å²) in [6.07, 6.45) is 0. The molecule has 1 amide bonds. The van der Waals surface area contributed by atoms with Crippen molar-refractivity contribution in [2.24, 2.45) is 0 Å². The monoisotopic (exact) mass is 483 g/mol.